The molecule has 3 aromatic heterocycles. The SMILES string of the molecule is N#Cc1cnc(NCc2ccccc2Cl)nc1-c1c[nH]c2ncc(C(F)(F)F)cc12. The van der Waals surface area contributed by atoms with Crippen molar-refractivity contribution in [1.82, 2.24) is 19.9 Å². The molecule has 0 radical (unpaired) electrons. The van der Waals surface area contributed by atoms with Crippen LogP contribution in [-0.4, -0.2) is 19.9 Å². The third kappa shape index (κ3) is 3.77. The van der Waals surface area contributed by atoms with Gasteiger partial charge < -0.3 is 10.3 Å². The molecule has 1 aromatic carbocycles. The summed E-state index contributed by atoms with van der Waals surface area (Å²) in [6.07, 6.45) is -0.999. The average Bonchev–Trinajstić information content (AvgIpc) is 3.15. The zero-order chi connectivity index (χ0) is 21.3. The highest BCUT2D eigenvalue weighted by Gasteiger charge is 2.31. The van der Waals surface area contributed by atoms with Gasteiger partial charge in [0.1, 0.15) is 11.7 Å². The molecule has 0 unspecified atom stereocenters. The minimum atomic E-state index is -4.54. The van der Waals surface area contributed by atoms with Gasteiger partial charge in [-0.15, -0.1) is 0 Å². The molecule has 4 rings (SSSR count). The average molecular weight is 429 g/mol. The molecule has 6 nitrogen and oxygen atoms in total. The van der Waals surface area contributed by atoms with E-state index in [1.807, 2.05) is 24.3 Å². The summed E-state index contributed by atoms with van der Waals surface area (Å²) in [5.41, 5.74) is 0.827. The number of fused-ring (bicyclic) bond motifs is 1. The van der Waals surface area contributed by atoms with Crippen molar-refractivity contribution in [1.29, 1.82) is 5.26 Å². The predicted molar refractivity (Wildman–Crippen MR) is 106 cm³/mol. The maximum Gasteiger partial charge on any atom is 0.417 e. The van der Waals surface area contributed by atoms with Crippen LogP contribution in [0.4, 0.5) is 19.1 Å². The van der Waals surface area contributed by atoms with Crippen molar-refractivity contribution in [3.05, 3.63) is 70.6 Å². The van der Waals surface area contributed by atoms with Crippen LogP contribution in [0.25, 0.3) is 22.3 Å². The van der Waals surface area contributed by atoms with E-state index in [4.69, 9.17) is 11.6 Å². The Morgan fingerprint density at radius 2 is 1.97 bits per heavy atom. The summed E-state index contributed by atoms with van der Waals surface area (Å²) < 4.78 is 39.3. The summed E-state index contributed by atoms with van der Waals surface area (Å²) >= 11 is 6.14. The number of pyridine rings is 1. The number of hydrogen-bond donors (Lipinski definition) is 2. The van der Waals surface area contributed by atoms with Gasteiger partial charge in [0, 0.05) is 34.9 Å². The number of anilines is 1. The molecule has 0 amide bonds. The van der Waals surface area contributed by atoms with Crippen LogP contribution in [0, 0.1) is 11.3 Å². The van der Waals surface area contributed by atoms with Crippen molar-refractivity contribution >= 4 is 28.6 Å². The van der Waals surface area contributed by atoms with Crippen LogP contribution in [0.5, 0.6) is 0 Å². The maximum atomic E-state index is 13.1. The highest BCUT2D eigenvalue weighted by Crippen LogP contribution is 2.34. The zero-order valence-electron chi connectivity index (χ0n) is 15.1. The molecule has 0 atom stereocenters. The van der Waals surface area contributed by atoms with Gasteiger partial charge in [-0.05, 0) is 17.7 Å². The summed E-state index contributed by atoms with van der Waals surface area (Å²) in [6, 6.07) is 10.2. The molecule has 30 heavy (non-hydrogen) atoms. The number of H-pyrrole nitrogens is 1. The smallest absolute Gasteiger partial charge is 0.350 e. The quantitative estimate of drug-likeness (QED) is 0.467. The number of halogens is 4. The second-order valence-corrected chi connectivity index (χ2v) is 6.74. The lowest BCUT2D eigenvalue weighted by Crippen LogP contribution is -2.06. The second kappa shape index (κ2) is 7.65. The third-order valence-electron chi connectivity index (χ3n) is 4.42. The van der Waals surface area contributed by atoms with Gasteiger partial charge in [-0.3, -0.25) is 0 Å². The molecule has 0 aliphatic heterocycles. The fourth-order valence-corrected chi connectivity index (χ4v) is 3.13. The molecule has 3 heterocycles. The minimum absolute atomic E-state index is 0.122. The van der Waals surface area contributed by atoms with E-state index in [0.717, 1.165) is 17.8 Å². The zero-order valence-corrected chi connectivity index (χ0v) is 15.9. The molecule has 150 valence electrons. The topological polar surface area (TPSA) is 90.3 Å². The summed E-state index contributed by atoms with van der Waals surface area (Å²) in [6.45, 7) is 0.332. The minimum Gasteiger partial charge on any atom is -0.350 e. The van der Waals surface area contributed by atoms with Crippen molar-refractivity contribution in [2.75, 3.05) is 5.32 Å². The second-order valence-electron chi connectivity index (χ2n) is 6.33. The molecule has 4 aromatic rings. The number of hydrogen-bond acceptors (Lipinski definition) is 5. The van der Waals surface area contributed by atoms with E-state index in [1.165, 1.54) is 12.4 Å². The van der Waals surface area contributed by atoms with Crippen molar-refractivity contribution in [3.63, 3.8) is 0 Å². The normalized spacial score (nSPS) is 11.4. The van der Waals surface area contributed by atoms with Crippen LogP contribution >= 0.6 is 11.6 Å². The number of nitrogens with one attached hydrogen (secondary N) is 2. The van der Waals surface area contributed by atoms with E-state index in [2.05, 4.69) is 25.3 Å². The van der Waals surface area contributed by atoms with Gasteiger partial charge in [-0.1, -0.05) is 29.8 Å². The number of benzene rings is 1. The highest BCUT2D eigenvalue weighted by atomic mass is 35.5. The summed E-state index contributed by atoms with van der Waals surface area (Å²) in [5.74, 6) is 0.207. The summed E-state index contributed by atoms with van der Waals surface area (Å²) in [4.78, 5) is 15.1. The number of rotatable bonds is 4. The maximum absolute atomic E-state index is 13.1. The van der Waals surface area contributed by atoms with Crippen LogP contribution in [0.3, 0.4) is 0 Å². The van der Waals surface area contributed by atoms with Gasteiger partial charge in [-0.2, -0.15) is 18.4 Å². The molecule has 0 fully saturated rings. The lowest BCUT2D eigenvalue weighted by molar-refractivity contribution is -0.137. The first-order valence-corrected chi connectivity index (χ1v) is 9.03. The number of nitrogens with zero attached hydrogens (tertiary/aromatic N) is 4. The molecule has 0 bridgehead atoms. The molecule has 0 saturated carbocycles. The lowest BCUT2D eigenvalue weighted by atomic mass is 10.1. The van der Waals surface area contributed by atoms with Crippen LogP contribution in [0.1, 0.15) is 16.7 Å². The monoisotopic (exact) mass is 428 g/mol. The highest BCUT2D eigenvalue weighted by molar-refractivity contribution is 6.31. The molecule has 0 aliphatic carbocycles. The molecule has 2 N–H and O–H groups in total. The van der Waals surface area contributed by atoms with Gasteiger partial charge in [0.15, 0.2) is 0 Å². The fourth-order valence-electron chi connectivity index (χ4n) is 2.92. The van der Waals surface area contributed by atoms with E-state index in [0.29, 0.717) is 17.1 Å². The summed E-state index contributed by atoms with van der Waals surface area (Å²) in [7, 11) is 0. The van der Waals surface area contributed by atoms with E-state index >= 15 is 0 Å². The number of aromatic nitrogens is 4. The first kappa shape index (κ1) is 19.7. The predicted octanol–water partition coefficient (Wildman–Crippen LogP) is 5.18. The first-order valence-electron chi connectivity index (χ1n) is 8.66. The van der Waals surface area contributed by atoms with Gasteiger partial charge in [-0.25, -0.2) is 15.0 Å². The Labute approximate surface area is 173 Å². The van der Waals surface area contributed by atoms with Crippen LogP contribution < -0.4 is 5.32 Å². The third-order valence-corrected chi connectivity index (χ3v) is 4.79. The molecular weight excluding hydrogens is 417 g/mol. The number of nitriles is 1. The van der Waals surface area contributed by atoms with Crippen LogP contribution in [0.15, 0.2) is 48.9 Å². The van der Waals surface area contributed by atoms with Crippen molar-refractivity contribution in [2.45, 2.75) is 12.7 Å². The molecular formula is C20H12ClF3N6. The van der Waals surface area contributed by atoms with E-state index in [1.54, 1.807) is 6.07 Å². The molecule has 0 spiro atoms. The van der Waals surface area contributed by atoms with Crippen molar-refractivity contribution in [2.24, 2.45) is 0 Å². The Kier molecular flexibility index (Phi) is 5.01. The Morgan fingerprint density at radius 1 is 1.17 bits per heavy atom. The molecule has 10 heteroatoms. The Morgan fingerprint density at radius 3 is 2.70 bits per heavy atom. The number of aromatic amines is 1. The Balaban J connectivity index is 1.74. The molecule has 0 aliphatic rings. The van der Waals surface area contributed by atoms with Gasteiger partial charge in [0.25, 0.3) is 0 Å². The van der Waals surface area contributed by atoms with Gasteiger partial charge >= 0.3 is 6.18 Å². The van der Waals surface area contributed by atoms with Crippen LogP contribution in [0.2, 0.25) is 5.02 Å². The summed E-state index contributed by atoms with van der Waals surface area (Å²) in [5, 5.41) is 13.2. The van der Waals surface area contributed by atoms with Crippen molar-refractivity contribution in [3.8, 4) is 17.3 Å². The fraction of sp³-hybridized carbons (Fsp3) is 0.100. The number of alkyl halides is 3. The lowest BCUT2D eigenvalue weighted by Gasteiger charge is -2.09. The Hall–Kier alpha value is -3.64. The Bertz CT molecular complexity index is 1280. The van der Waals surface area contributed by atoms with Gasteiger partial charge in [0.05, 0.1) is 23.0 Å². The standard InChI is InChI=1S/C20H12ClF3N6/c21-16-4-2-1-3-11(16)7-28-19-29-8-12(6-25)17(30-19)15-10-27-18-14(15)5-13(9-26-18)20(22,23)24/h1-5,8-10H,7H2,(H,26,27)(H,28,29,30). The van der Waals surface area contributed by atoms with E-state index in [9.17, 15) is 18.4 Å². The molecule has 0 saturated heterocycles. The first-order chi connectivity index (χ1) is 14.4. The van der Waals surface area contributed by atoms with Crippen LogP contribution in [-0.2, 0) is 12.7 Å². The van der Waals surface area contributed by atoms with Gasteiger partial charge in [0.2, 0.25) is 5.95 Å². The van der Waals surface area contributed by atoms with E-state index in [-0.39, 0.29) is 28.2 Å². The largest absolute Gasteiger partial charge is 0.417 e. The van der Waals surface area contributed by atoms with Crippen molar-refractivity contribution < 1.29 is 13.2 Å². The van der Waals surface area contributed by atoms with E-state index < -0.39 is 11.7 Å².